The van der Waals surface area contributed by atoms with Crippen LogP contribution in [0.5, 0.6) is 0 Å². The number of amides is 4. The van der Waals surface area contributed by atoms with Gasteiger partial charge in [-0.1, -0.05) is 6.92 Å². The van der Waals surface area contributed by atoms with E-state index in [9.17, 15) is 47.1 Å². The van der Waals surface area contributed by atoms with Crippen LogP contribution >= 0.6 is 0 Å². The van der Waals surface area contributed by atoms with Crippen LogP contribution < -0.4 is 20.7 Å². The molecule has 0 aliphatic rings. The van der Waals surface area contributed by atoms with Gasteiger partial charge in [0.25, 0.3) is 0 Å². The molecule has 0 bridgehead atoms. The Morgan fingerprint density at radius 2 is 1.30 bits per heavy atom. The maximum Gasteiger partial charge on any atom is 0.326 e. The van der Waals surface area contributed by atoms with Crippen molar-refractivity contribution in [2.75, 3.05) is 38.7 Å². The molecule has 246 valence electrons. The van der Waals surface area contributed by atoms with Gasteiger partial charge in [-0.15, -0.1) is 0 Å². The first-order chi connectivity index (χ1) is 20.2. The third-order valence-electron chi connectivity index (χ3n) is 5.39. The molecular weight excluding hydrogens is 600 g/mol. The van der Waals surface area contributed by atoms with Crippen LogP contribution in [-0.2, 0) is 53.1 Å². The van der Waals surface area contributed by atoms with Gasteiger partial charge in [-0.2, -0.15) is 0 Å². The van der Waals surface area contributed by atoms with E-state index in [2.05, 4.69) is 16.0 Å². The smallest absolute Gasteiger partial charge is 0.326 e. The van der Waals surface area contributed by atoms with Gasteiger partial charge in [0.15, 0.2) is 0 Å². The molecule has 4 amide bonds. The van der Waals surface area contributed by atoms with Crippen molar-refractivity contribution >= 4 is 51.6 Å². The number of carbonyl (C=O) groups excluding carboxylic acids is 4. The fraction of sp³-hybridized carbons (Fsp3) is 0.708. The van der Waals surface area contributed by atoms with Crippen molar-refractivity contribution in [2.24, 2.45) is 0 Å². The number of hydrogen-bond donors (Lipinski definition) is 7. The summed E-state index contributed by atoms with van der Waals surface area (Å²) in [4.78, 5) is 79.9. The topological polar surface area (TPSA) is 281 Å². The predicted molar refractivity (Wildman–Crippen MR) is 146 cm³/mol. The van der Waals surface area contributed by atoms with Gasteiger partial charge in [0.2, 0.25) is 33.7 Å². The zero-order chi connectivity index (χ0) is 32.8. The third-order valence-corrected chi connectivity index (χ3v) is 6.75. The summed E-state index contributed by atoms with van der Waals surface area (Å²) in [5.41, 5.74) is 0. The highest BCUT2D eigenvalue weighted by molar-refractivity contribution is 7.90. The summed E-state index contributed by atoms with van der Waals surface area (Å²) in [7, 11) is -3.95. The summed E-state index contributed by atoms with van der Waals surface area (Å²) in [6, 6.07) is -2.48. The first-order valence-corrected chi connectivity index (χ1v) is 15.0. The molecule has 0 heterocycles. The fourth-order valence-electron chi connectivity index (χ4n) is 3.21. The summed E-state index contributed by atoms with van der Waals surface area (Å²) in [6.45, 7) is 1.27. The minimum absolute atomic E-state index is 0.00234. The highest BCUT2D eigenvalue weighted by atomic mass is 32.2. The second-order valence-corrected chi connectivity index (χ2v) is 10.9. The second-order valence-electron chi connectivity index (χ2n) is 9.07. The van der Waals surface area contributed by atoms with Crippen LogP contribution in [0.2, 0.25) is 0 Å². The predicted octanol–water partition coefficient (Wildman–Crippen LogP) is -2.05. The number of hydrogen-bond acceptors (Lipinski definition) is 11. The Morgan fingerprint density at radius 1 is 0.698 bits per heavy atom. The van der Waals surface area contributed by atoms with Gasteiger partial charge in [0.05, 0.1) is 25.6 Å². The Labute approximate surface area is 248 Å². The minimum atomic E-state index is -3.95. The Hall–Kier alpha value is -3.84. The molecule has 1 unspecified atom stereocenters. The summed E-state index contributed by atoms with van der Waals surface area (Å²) < 4.78 is 35.8. The maximum absolute atomic E-state index is 11.9. The van der Waals surface area contributed by atoms with Gasteiger partial charge in [-0.25, -0.2) is 18.0 Å². The third kappa shape index (κ3) is 21.5. The molecule has 0 aliphatic heterocycles. The average Bonchev–Trinajstić information content (AvgIpc) is 2.89. The van der Waals surface area contributed by atoms with Crippen molar-refractivity contribution in [2.45, 2.75) is 70.4 Å². The summed E-state index contributed by atoms with van der Waals surface area (Å²) in [5.74, 6) is -6.85. The molecule has 0 aliphatic carbocycles. The van der Waals surface area contributed by atoms with Crippen LogP contribution in [0.3, 0.4) is 0 Å². The molecule has 0 saturated carbocycles. The fourth-order valence-corrected chi connectivity index (χ4v) is 4.28. The number of rotatable bonds is 25. The number of carboxylic acid groups (broad SMARTS) is 3. The van der Waals surface area contributed by atoms with Crippen LogP contribution in [0.25, 0.3) is 0 Å². The van der Waals surface area contributed by atoms with E-state index in [4.69, 9.17) is 19.7 Å². The van der Waals surface area contributed by atoms with Crippen LogP contribution in [0.4, 0.5) is 0 Å². The monoisotopic (exact) mass is 640 g/mol. The average molecular weight is 641 g/mol. The zero-order valence-electron chi connectivity index (χ0n) is 23.8. The summed E-state index contributed by atoms with van der Waals surface area (Å²) >= 11 is 0. The molecule has 0 radical (unpaired) electrons. The molecule has 7 N–H and O–H groups in total. The van der Waals surface area contributed by atoms with Crippen LogP contribution in [0.15, 0.2) is 0 Å². The number of carbonyl (C=O) groups is 7. The van der Waals surface area contributed by atoms with Crippen molar-refractivity contribution in [3.05, 3.63) is 0 Å². The lowest BCUT2D eigenvalue weighted by molar-refractivity contribution is -0.144. The van der Waals surface area contributed by atoms with E-state index in [0.29, 0.717) is 0 Å². The van der Waals surface area contributed by atoms with Crippen molar-refractivity contribution in [3.8, 4) is 0 Å². The number of nitrogens with one attached hydrogen (secondary N) is 4. The molecule has 0 aromatic carbocycles. The van der Waals surface area contributed by atoms with E-state index in [-0.39, 0.29) is 77.7 Å². The molecule has 43 heavy (non-hydrogen) atoms. The molecule has 19 heteroatoms. The molecule has 0 fully saturated rings. The van der Waals surface area contributed by atoms with Gasteiger partial charge in [0, 0.05) is 32.2 Å². The molecule has 18 nitrogen and oxygen atoms in total. The van der Waals surface area contributed by atoms with E-state index >= 15 is 0 Å². The highest BCUT2D eigenvalue weighted by Gasteiger charge is 2.23. The molecular formula is C24H40N4O14S. The Balaban J connectivity index is 4.01. The van der Waals surface area contributed by atoms with Crippen LogP contribution in [0.1, 0.15) is 58.3 Å². The normalized spacial score (nSPS) is 12.4. The zero-order valence-corrected chi connectivity index (χ0v) is 24.6. The SMILES string of the molecule is CCC(NC(=O)CC[C@H](NC(=O)COCCOCCNC(=O)CCCS(=O)(=O)NC(=O)CCCC(=O)O)C(=O)O)C(=O)O. The first-order valence-electron chi connectivity index (χ1n) is 13.4. The van der Waals surface area contributed by atoms with E-state index in [0.717, 1.165) is 0 Å². The van der Waals surface area contributed by atoms with Crippen molar-refractivity contribution in [3.63, 3.8) is 0 Å². The van der Waals surface area contributed by atoms with Crippen LogP contribution in [0, 0.1) is 0 Å². The summed E-state index contributed by atoms with van der Waals surface area (Å²) in [5, 5.41) is 33.7. The number of carboxylic acids is 3. The van der Waals surface area contributed by atoms with E-state index in [1.807, 2.05) is 4.72 Å². The van der Waals surface area contributed by atoms with E-state index < -0.39 is 76.0 Å². The molecule has 0 aromatic heterocycles. The van der Waals surface area contributed by atoms with Crippen molar-refractivity contribution in [1.29, 1.82) is 0 Å². The van der Waals surface area contributed by atoms with Gasteiger partial charge in [-0.3, -0.25) is 28.7 Å². The van der Waals surface area contributed by atoms with Crippen molar-refractivity contribution < 1.29 is 66.8 Å². The number of sulfonamides is 1. The van der Waals surface area contributed by atoms with Crippen molar-refractivity contribution in [1.82, 2.24) is 20.7 Å². The molecule has 0 spiro atoms. The first kappa shape index (κ1) is 39.2. The standard InChI is InChI=1S/C24H40N4O14S/c1-2-16(23(35)36)26-19(30)9-8-17(24(37)38)27-21(32)15-42-13-12-41-11-10-25-18(29)6-4-14-43(39,40)28-20(31)5-3-7-22(33)34/h16-17H,2-15H2,1H3,(H,25,29)(H,26,30)(H,27,32)(H,28,31)(H,33,34)(H,35,36)(H,37,38)/t16?,17-/m0/s1. The van der Waals surface area contributed by atoms with Crippen LogP contribution in [-0.4, -0.2) is 116 Å². The number of aliphatic carboxylic acids is 3. The Kier molecular flexibility index (Phi) is 19.9. The van der Waals surface area contributed by atoms with Gasteiger partial charge < -0.3 is 40.7 Å². The lowest BCUT2D eigenvalue weighted by Crippen LogP contribution is -2.44. The van der Waals surface area contributed by atoms with Gasteiger partial charge in [0.1, 0.15) is 18.7 Å². The molecule has 0 saturated heterocycles. The Morgan fingerprint density at radius 3 is 1.91 bits per heavy atom. The largest absolute Gasteiger partial charge is 0.481 e. The molecule has 2 atom stereocenters. The second kappa shape index (κ2) is 21.8. The van der Waals surface area contributed by atoms with Gasteiger partial charge in [-0.05, 0) is 25.7 Å². The highest BCUT2D eigenvalue weighted by Crippen LogP contribution is 2.01. The van der Waals surface area contributed by atoms with Gasteiger partial charge >= 0.3 is 17.9 Å². The Bertz CT molecular complexity index is 1070. The van der Waals surface area contributed by atoms with E-state index in [1.165, 1.54) is 0 Å². The number of ether oxygens (including phenoxy) is 2. The lowest BCUT2D eigenvalue weighted by atomic mass is 10.1. The molecule has 0 aromatic rings. The molecule has 0 rings (SSSR count). The minimum Gasteiger partial charge on any atom is -0.481 e. The quantitative estimate of drug-likeness (QED) is 0.0529. The van der Waals surface area contributed by atoms with E-state index in [1.54, 1.807) is 6.92 Å². The lowest BCUT2D eigenvalue weighted by Gasteiger charge is -2.16. The maximum atomic E-state index is 11.9. The summed E-state index contributed by atoms with van der Waals surface area (Å²) in [6.07, 6.45) is -1.14.